The minimum absolute atomic E-state index is 0.239. The molecule has 4 heteroatoms. The molecule has 1 aromatic heterocycles. The van der Waals surface area contributed by atoms with Gasteiger partial charge >= 0.3 is 0 Å². The summed E-state index contributed by atoms with van der Waals surface area (Å²) in [5.74, 6) is 1.23. The van der Waals surface area contributed by atoms with Crippen molar-refractivity contribution in [2.75, 3.05) is 12.4 Å². The number of pyridine rings is 1. The van der Waals surface area contributed by atoms with E-state index in [9.17, 15) is 0 Å². The number of rotatable bonds is 4. The molecular formula is C10H14BrNOS. The Morgan fingerprint density at radius 3 is 2.93 bits per heavy atom. The summed E-state index contributed by atoms with van der Waals surface area (Å²) in [7, 11) is 0. The van der Waals surface area contributed by atoms with Crippen LogP contribution < -0.4 is 0 Å². The summed E-state index contributed by atoms with van der Waals surface area (Å²) in [6.45, 7) is 4.31. The van der Waals surface area contributed by atoms with Crippen molar-refractivity contribution in [3.05, 3.63) is 22.3 Å². The smallest absolute Gasteiger partial charge is 0.0989 e. The molecule has 0 fully saturated rings. The van der Waals surface area contributed by atoms with Crippen LogP contribution in [-0.4, -0.2) is 22.5 Å². The van der Waals surface area contributed by atoms with Crippen LogP contribution in [0.3, 0.4) is 0 Å². The summed E-state index contributed by atoms with van der Waals surface area (Å²) in [5.41, 5.74) is 1.18. The lowest BCUT2D eigenvalue weighted by Crippen LogP contribution is -2.03. The molecule has 0 radical (unpaired) electrons. The molecule has 0 aliphatic heterocycles. The standard InChI is InChI=1S/C10H14BrNOS/c1-7(5-13)6-14-10-8(2)3-9(11)4-12-10/h3-4,7,13H,5-6H2,1-2H3. The first-order chi connectivity index (χ1) is 6.63. The van der Waals surface area contributed by atoms with Gasteiger partial charge in [0.2, 0.25) is 0 Å². The van der Waals surface area contributed by atoms with Gasteiger partial charge in [-0.1, -0.05) is 6.92 Å². The summed E-state index contributed by atoms with van der Waals surface area (Å²) >= 11 is 5.07. The van der Waals surface area contributed by atoms with E-state index in [0.29, 0.717) is 5.92 Å². The lowest BCUT2D eigenvalue weighted by Gasteiger charge is -2.08. The van der Waals surface area contributed by atoms with E-state index >= 15 is 0 Å². The highest BCUT2D eigenvalue weighted by molar-refractivity contribution is 9.10. The summed E-state index contributed by atoms with van der Waals surface area (Å²) in [6.07, 6.45) is 1.80. The van der Waals surface area contributed by atoms with Crippen molar-refractivity contribution >= 4 is 27.7 Å². The molecule has 0 amide bonds. The van der Waals surface area contributed by atoms with Crippen LogP contribution >= 0.6 is 27.7 Å². The van der Waals surface area contributed by atoms with E-state index in [1.807, 2.05) is 13.8 Å². The molecule has 14 heavy (non-hydrogen) atoms. The Morgan fingerprint density at radius 2 is 2.36 bits per heavy atom. The van der Waals surface area contributed by atoms with Crippen molar-refractivity contribution in [1.82, 2.24) is 4.98 Å². The van der Waals surface area contributed by atoms with E-state index in [-0.39, 0.29) is 6.61 Å². The maximum atomic E-state index is 8.88. The molecule has 0 bridgehead atoms. The van der Waals surface area contributed by atoms with E-state index in [1.165, 1.54) is 5.56 Å². The summed E-state index contributed by atoms with van der Waals surface area (Å²) in [4.78, 5) is 4.32. The van der Waals surface area contributed by atoms with Gasteiger partial charge in [-0.2, -0.15) is 0 Å². The van der Waals surface area contributed by atoms with Crippen LogP contribution in [0.4, 0.5) is 0 Å². The van der Waals surface area contributed by atoms with E-state index in [0.717, 1.165) is 15.3 Å². The van der Waals surface area contributed by atoms with Crippen molar-refractivity contribution in [3.8, 4) is 0 Å². The third-order valence-corrected chi connectivity index (χ3v) is 3.68. The Balaban J connectivity index is 2.59. The minimum Gasteiger partial charge on any atom is -0.396 e. The number of aliphatic hydroxyl groups is 1. The summed E-state index contributed by atoms with van der Waals surface area (Å²) in [5, 5.41) is 9.93. The number of aliphatic hydroxyl groups excluding tert-OH is 1. The van der Waals surface area contributed by atoms with Gasteiger partial charge in [-0.25, -0.2) is 4.98 Å². The number of hydrogen-bond acceptors (Lipinski definition) is 3. The monoisotopic (exact) mass is 275 g/mol. The molecule has 1 N–H and O–H groups in total. The normalized spacial score (nSPS) is 12.9. The topological polar surface area (TPSA) is 33.1 Å². The van der Waals surface area contributed by atoms with Crippen molar-refractivity contribution in [2.45, 2.75) is 18.9 Å². The fourth-order valence-corrected chi connectivity index (χ4v) is 2.36. The Morgan fingerprint density at radius 1 is 1.64 bits per heavy atom. The Labute approximate surface area is 97.3 Å². The lowest BCUT2D eigenvalue weighted by atomic mass is 10.2. The summed E-state index contributed by atoms with van der Waals surface area (Å²) in [6, 6.07) is 2.05. The van der Waals surface area contributed by atoms with E-state index < -0.39 is 0 Å². The molecule has 1 rings (SSSR count). The molecule has 0 aromatic carbocycles. The van der Waals surface area contributed by atoms with Gasteiger partial charge in [-0.3, -0.25) is 0 Å². The van der Waals surface area contributed by atoms with Crippen LogP contribution in [0.2, 0.25) is 0 Å². The third-order valence-electron chi connectivity index (χ3n) is 1.81. The molecule has 1 unspecified atom stereocenters. The Kier molecular flexibility index (Phi) is 4.92. The average Bonchev–Trinajstić information content (AvgIpc) is 2.16. The van der Waals surface area contributed by atoms with Gasteiger partial charge < -0.3 is 5.11 Å². The first-order valence-electron chi connectivity index (χ1n) is 4.49. The number of aryl methyl sites for hydroxylation is 1. The van der Waals surface area contributed by atoms with Crippen molar-refractivity contribution in [1.29, 1.82) is 0 Å². The zero-order valence-corrected chi connectivity index (χ0v) is 10.7. The predicted octanol–water partition coefficient (Wildman–Crippen LogP) is 2.87. The first kappa shape index (κ1) is 12.0. The average molecular weight is 276 g/mol. The maximum Gasteiger partial charge on any atom is 0.0989 e. The Hall–Kier alpha value is -0.0600. The van der Waals surface area contributed by atoms with Gasteiger partial charge in [0.15, 0.2) is 0 Å². The maximum absolute atomic E-state index is 8.88. The molecule has 1 atom stereocenters. The zero-order valence-electron chi connectivity index (χ0n) is 8.33. The van der Waals surface area contributed by atoms with Crippen molar-refractivity contribution < 1.29 is 5.11 Å². The SMILES string of the molecule is Cc1cc(Br)cnc1SCC(C)CO. The van der Waals surface area contributed by atoms with Gasteiger partial charge in [-0.05, 0) is 40.4 Å². The van der Waals surface area contributed by atoms with Gasteiger partial charge in [-0.15, -0.1) is 11.8 Å². The highest BCUT2D eigenvalue weighted by atomic mass is 79.9. The second kappa shape index (κ2) is 5.73. The number of hydrogen-bond donors (Lipinski definition) is 1. The molecule has 0 saturated carbocycles. The Bertz CT molecular complexity index is 306. The molecule has 0 aliphatic rings. The second-order valence-corrected chi connectivity index (χ2v) is 5.30. The quantitative estimate of drug-likeness (QED) is 0.858. The fourth-order valence-electron chi connectivity index (χ4n) is 0.953. The fraction of sp³-hybridized carbons (Fsp3) is 0.500. The highest BCUT2D eigenvalue weighted by Gasteiger charge is 2.05. The molecular weight excluding hydrogens is 262 g/mol. The van der Waals surface area contributed by atoms with Crippen molar-refractivity contribution in [3.63, 3.8) is 0 Å². The van der Waals surface area contributed by atoms with E-state index in [4.69, 9.17) is 5.11 Å². The zero-order chi connectivity index (χ0) is 10.6. The molecule has 0 spiro atoms. The molecule has 0 aliphatic carbocycles. The van der Waals surface area contributed by atoms with Crippen LogP contribution in [-0.2, 0) is 0 Å². The second-order valence-electron chi connectivity index (χ2n) is 3.37. The summed E-state index contributed by atoms with van der Waals surface area (Å²) < 4.78 is 1.01. The van der Waals surface area contributed by atoms with Crippen LogP contribution in [0.5, 0.6) is 0 Å². The predicted molar refractivity (Wildman–Crippen MR) is 63.6 cm³/mol. The van der Waals surface area contributed by atoms with Crippen LogP contribution in [0.15, 0.2) is 21.8 Å². The van der Waals surface area contributed by atoms with Gasteiger partial charge in [0, 0.05) is 23.0 Å². The number of nitrogens with zero attached hydrogens (tertiary/aromatic N) is 1. The largest absolute Gasteiger partial charge is 0.396 e. The number of thioether (sulfide) groups is 1. The highest BCUT2D eigenvalue weighted by Crippen LogP contribution is 2.24. The lowest BCUT2D eigenvalue weighted by molar-refractivity contribution is 0.250. The first-order valence-corrected chi connectivity index (χ1v) is 6.27. The third kappa shape index (κ3) is 3.59. The van der Waals surface area contributed by atoms with Crippen LogP contribution in [0.25, 0.3) is 0 Å². The van der Waals surface area contributed by atoms with Crippen LogP contribution in [0, 0.1) is 12.8 Å². The molecule has 1 heterocycles. The van der Waals surface area contributed by atoms with Crippen molar-refractivity contribution in [2.24, 2.45) is 5.92 Å². The number of halogens is 1. The minimum atomic E-state index is 0.239. The molecule has 1 aromatic rings. The van der Waals surface area contributed by atoms with Gasteiger partial charge in [0.25, 0.3) is 0 Å². The number of aromatic nitrogens is 1. The van der Waals surface area contributed by atoms with Gasteiger partial charge in [0.1, 0.15) is 0 Å². The van der Waals surface area contributed by atoms with E-state index in [2.05, 4.69) is 27.0 Å². The molecule has 78 valence electrons. The molecule has 0 saturated heterocycles. The van der Waals surface area contributed by atoms with E-state index in [1.54, 1.807) is 18.0 Å². The van der Waals surface area contributed by atoms with Crippen LogP contribution in [0.1, 0.15) is 12.5 Å². The molecule has 2 nitrogen and oxygen atoms in total. The van der Waals surface area contributed by atoms with Gasteiger partial charge in [0.05, 0.1) is 5.03 Å².